The lowest BCUT2D eigenvalue weighted by Gasteiger charge is -2.31. The predicted octanol–water partition coefficient (Wildman–Crippen LogP) is 1.81. The number of ether oxygens (including phenoxy) is 2. The lowest BCUT2D eigenvalue weighted by atomic mass is 9.90. The van der Waals surface area contributed by atoms with Gasteiger partial charge in [-0.3, -0.25) is 9.59 Å². The molecular formula is C20H34N2O5. The molecule has 7 heteroatoms. The summed E-state index contributed by atoms with van der Waals surface area (Å²) in [7, 11) is 0. The van der Waals surface area contributed by atoms with E-state index in [1.54, 1.807) is 0 Å². The quantitative estimate of drug-likeness (QED) is 0.532. The summed E-state index contributed by atoms with van der Waals surface area (Å²) in [5.74, 6) is 0.924. The van der Waals surface area contributed by atoms with E-state index in [-0.39, 0.29) is 24.3 Å². The molecule has 2 aliphatic heterocycles. The van der Waals surface area contributed by atoms with E-state index in [1.165, 1.54) is 0 Å². The van der Waals surface area contributed by atoms with Crippen LogP contribution < -0.4 is 5.32 Å². The van der Waals surface area contributed by atoms with Crippen molar-refractivity contribution >= 4 is 11.8 Å². The van der Waals surface area contributed by atoms with Gasteiger partial charge >= 0.3 is 0 Å². The fourth-order valence-electron chi connectivity index (χ4n) is 3.34. The Kier molecular flexibility index (Phi) is 9.07. The number of nitrogens with zero attached hydrogens (tertiary/aromatic N) is 1. The second kappa shape index (κ2) is 11.3. The summed E-state index contributed by atoms with van der Waals surface area (Å²) in [6.07, 6.45) is 5.98. The molecule has 27 heavy (non-hydrogen) atoms. The molecule has 2 heterocycles. The molecule has 0 aromatic carbocycles. The fraction of sp³-hybridized carbons (Fsp3) is 0.800. The van der Waals surface area contributed by atoms with Crippen molar-refractivity contribution in [1.29, 1.82) is 0 Å². The minimum Gasteiger partial charge on any atom is -0.459 e. The van der Waals surface area contributed by atoms with Crippen LogP contribution in [0, 0.1) is 11.8 Å². The van der Waals surface area contributed by atoms with Gasteiger partial charge in [-0.05, 0) is 43.6 Å². The third-order valence-electron chi connectivity index (χ3n) is 5.09. The highest BCUT2D eigenvalue weighted by Crippen LogP contribution is 2.28. The standard InChI is InChI=1S/C20H34N2O5/c1-15(2)16-13-17(27-19(14-16)26-12-4-3-11-23)20(25)21-8-6-10-22-9-5-7-18(22)24/h13,15-16,19,23H,3-12,14H2,1-2H3,(H,21,25)/t16-,19+/m0/s1. The zero-order valence-corrected chi connectivity index (χ0v) is 16.6. The van der Waals surface area contributed by atoms with E-state index in [0.29, 0.717) is 44.2 Å². The van der Waals surface area contributed by atoms with Crippen LogP contribution in [0.1, 0.15) is 52.4 Å². The van der Waals surface area contributed by atoms with Crippen molar-refractivity contribution in [3.63, 3.8) is 0 Å². The van der Waals surface area contributed by atoms with Crippen molar-refractivity contribution in [3.05, 3.63) is 11.8 Å². The molecule has 2 amide bonds. The average molecular weight is 383 g/mol. The summed E-state index contributed by atoms with van der Waals surface area (Å²) in [6.45, 7) is 6.93. The first kappa shape index (κ1) is 21.7. The Hall–Kier alpha value is -1.60. The predicted molar refractivity (Wildman–Crippen MR) is 102 cm³/mol. The van der Waals surface area contributed by atoms with Crippen molar-refractivity contribution < 1.29 is 24.2 Å². The van der Waals surface area contributed by atoms with Crippen LogP contribution in [-0.4, -0.2) is 61.0 Å². The van der Waals surface area contributed by atoms with Gasteiger partial charge in [0.1, 0.15) is 0 Å². The van der Waals surface area contributed by atoms with E-state index in [4.69, 9.17) is 14.6 Å². The first-order valence-electron chi connectivity index (χ1n) is 10.2. The van der Waals surface area contributed by atoms with Gasteiger partial charge in [0.15, 0.2) is 5.76 Å². The van der Waals surface area contributed by atoms with Crippen molar-refractivity contribution in [3.8, 4) is 0 Å². The molecule has 0 unspecified atom stereocenters. The maximum Gasteiger partial charge on any atom is 0.286 e. The van der Waals surface area contributed by atoms with Gasteiger partial charge < -0.3 is 24.8 Å². The molecule has 2 atom stereocenters. The van der Waals surface area contributed by atoms with Crippen molar-refractivity contribution in [2.45, 2.75) is 58.7 Å². The molecule has 154 valence electrons. The Labute approximate surface area is 162 Å². The minimum atomic E-state index is -0.427. The first-order valence-corrected chi connectivity index (χ1v) is 10.2. The molecule has 0 spiro atoms. The third-order valence-corrected chi connectivity index (χ3v) is 5.09. The molecule has 0 aromatic heterocycles. The molecule has 1 fully saturated rings. The molecule has 2 rings (SSSR count). The van der Waals surface area contributed by atoms with Crippen molar-refractivity contribution in [2.75, 3.05) is 32.8 Å². The number of carbonyl (C=O) groups excluding carboxylic acids is 2. The van der Waals surface area contributed by atoms with Crippen LogP contribution in [-0.2, 0) is 19.1 Å². The average Bonchev–Trinajstić information content (AvgIpc) is 3.06. The molecule has 0 aliphatic carbocycles. The van der Waals surface area contributed by atoms with E-state index in [0.717, 1.165) is 32.2 Å². The van der Waals surface area contributed by atoms with Gasteiger partial charge in [0, 0.05) is 39.1 Å². The topological polar surface area (TPSA) is 88.1 Å². The number of allylic oxidation sites excluding steroid dienone is 1. The van der Waals surface area contributed by atoms with Crippen molar-refractivity contribution in [1.82, 2.24) is 10.2 Å². The molecule has 0 aromatic rings. The number of hydrogen-bond donors (Lipinski definition) is 2. The van der Waals surface area contributed by atoms with Gasteiger partial charge in [-0.2, -0.15) is 0 Å². The molecule has 0 bridgehead atoms. The Bertz CT molecular complexity index is 521. The summed E-state index contributed by atoms with van der Waals surface area (Å²) in [5.41, 5.74) is 0. The van der Waals surface area contributed by atoms with Crippen LogP contribution in [0.15, 0.2) is 11.8 Å². The lowest BCUT2D eigenvalue weighted by molar-refractivity contribution is -0.150. The Morgan fingerprint density at radius 3 is 2.89 bits per heavy atom. The minimum absolute atomic E-state index is 0.153. The van der Waals surface area contributed by atoms with Gasteiger partial charge in [-0.15, -0.1) is 0 Å². The van der Waals surface area contributed by atoms with Gasteiger partial charge in [-0.25, -0.2) is 0 Å². The van der Waals surface area contributed by atoms with E-state index in [9.17, 15) is 9.59 Å². The number of likely N-dealkylation sites (tertiary alicyclic amines) is 1. The van der Waals surface area contributed by atoms with Crippen LogP contribution in [0.25, 0.3) is 0 Å². The highest BCUT2D eigenvalue weighted by molar-refractivity contribution is 5.91. The number of aliphatic hydroxyl groups is 1. The number of unbranched alkanes of at least 4 members (excludes halogenated alkanes) is 1. The SMILES string of the molecule is CC(C)[C@H]1C=C(C(=O)NCCCN2CCCC2=O)O[C@@H](OCCCCO)C1. The molecule has 7 nitrogen and oxygen atoms in total. The summed E-state index contributed by atoms with van der Waals surface area (Å²) in [6, 6.07) is 0. The number of aliphatic hydroxyl groups excluding tert-OH is 1. The Balaban J connectivity index is 1.78. The second-order valence-electron chi connectivity index (χ2n) is 7.62. The van der Waals surface area contributed by atoms with Gasteiger partial charge in [0.05, 0.1) is 6.61 Å². The first-order chi connectivity index (χ1) is 13.0. The smallest absolute Gasteiger partial charge is 0.286 e. The molecule has 0 saturated carbocycles. The summed E-state index contributed by atoms with van der Waals surface area (Å²) >= 11 is 0. The number of nitrogens with one attached hydrogen (secondary N) is 1. The summed E-state index contributed by atoms with van der Waals surface area (Å²) < 4.78 is 11.5. The van der Waals surface area contributed by atoms with E-state index in [1.807, 2.05) is 11.0 Å². The number of hydrogen-bond acceptors (Lipinski definition) is 5. The number of carbonyl (C=O) groups is 2. The summed E-state index contributed by atoms with van der Waals surface area (Å²) in [4.78, 5) is 25.9. The Morgan fingerprint density at radius 1 is 1.41 bits per heavy atom. The maximum absolute atomic E-state index is 12.5. The maximum atomic E-state index is 12.5. The Morgan fingerprint density at radius 2 is 2.22 bits per heavy atom. The van der Waals surface area contributed by atoms with Gasteiger partial charge in [-0.1, -0.05) is 13.8 Å². The van der Waals surface area contributed by atoms with E-state index in [2.05, 4.69) is 19.2 Å². The zero-order valence-electron chi connectivity index (χ0n) is 16.6. The molecule has 0 radical (unpaired) electrons. The second-order valence-corrected chi connectivity index (χ2v) is 7.62. The van der Waals surface area contributed by atoms with Gasteiger partial charge in [0.2, 0.25) is 12.2 Å². The summed E-state index contributed by atoms with van der Waals surface area (Å²) in [5, 5.41) is 11.7. The zero-order chi connectivity index (χ0) is 19.6. The van der Waals surface area contributed by atoms with E-state index < -0.39 is 6.29 Å². The monoisotopic (exact) mass is 382 g/mol. The fourth-order valence-corrected chi connectivity index (χ4v) is 3.34. The van der Waals surface area contributed by atoms with Crippen LogP contribution in [0.2, 0.25) is 0 Å². The van der Waals surface area contributed by atoms with Gasteiger partial charge in [0.25, 0.3) is 5.91 Å². The van der Waals surface area contributed by atoms with Crippen LogP contribution in [0.4, 0.5) is 0 Å². The highest BCUT2D eigenvalue weighted by atomic mass is 16.7. The molecule has 2 N–H and O–H groups in total. The van der Waals surface area contributed by atoms with Crippen LogP contribution in [0.3, 0.4) is 0 Å². The van der Waals surface area contributed by atoms with Crippen molar-refractivity contribution in [2.24, 2.45) is 11.8 Å². The van der Waals surface area contributed by atoms with E-state index >= 15 is 0 Å². The number of rotatable bonds is 11. The van der Waals surface area contributed by atoms with Crippen LogP contribution >= 0.6 is 0 Å². The third kappa shape index (κ3) is 7.14. The molecule has 2 aliphatic rings. The largest absolute Gasteiger partial charge is 0.459 e. The molecule has 1 saturated heterocycles. The molecular weight excluding hydrogens is 348 g/mol. The lowest BCUT2D eigenvalue weighted by Crippen LogP contribution is -2.36. The van der Waals surface area contributed by atoms with Crippen LogP contribution in [0.5, 0.6) is 0 Å². The number of amides is 2. The normalized spacial score (nSPS) is 22.7. The highest BCUT2D eigenvalue weighted by Gasteiger charge is 2.29.